The molecule has 0 saturated carbocycles. The fourth-order valence-electron chi connectivity index (χ4n) is 2.02. The third-order valence-electron chi connectivity index (χ3n) is 3.12. The second-order valence-electron chi connectivity index (χ2n) is 4.69. The molecule has 0 atom stereocenters. The van der Waals surface area contributed by atoms with Crippen LogP contribution in [-0.2, 0) is 17.4 Å². The predicted molar refractivity (Wildman–Crippen MR) is 75.0 cm³/mol. The van der Waals surface area contributed by atoms with E-state index in [0.29, 0.717) is 0 Å². The van der Waals surface area contributed by atoms with Crippen LogP contribution in [-0.4, -0.2) is 5.91 Å². The molecule has 0 aliphatic rings. The minimum atomic E-state index is -4.49. The van der Waals surface area contributed by atoms with Crippen LogP contribution in [0.2, 0.25) is 0 Å². The fourth-order valence-corrected chi connectivity index (χ4v) is 2.02. The van der Waals surface area contributed by atoms with Crippen LogP contribution < -0.4 is 5.32 Å². The second-order valence-corrected chi connectivity index (χ2v) is 4.69. The van der Waals surface area contributed by atoms with Crippen molar-refractivity contribution < 1.29 is 18.0 Å². The van der Waals surface area contributed by atoms with Gasteiger partial charge in [-0.2, -0.15) is 13.2 Å². The van der Waals surface area contributed by atoms with E-state index < -0.39 is 17.6 Å². The third kappa shape index (κ3) is 3.84. The third-order valence-corrected chi connectivity index (χ3v) is 3.12. The molecule has 21 heavy (non-hydrogen) atoms. The van der Waals surface area contributed by atoms with Gasteiger partial charge >= 0.3 is 6.18 Å². The van der Waals surface area contributed by atoms with E-state index in [1.54, 1.807) is 12.1 Å². The normalized spacial score (nSPS) is 11.2. The van der Waals surface area contributed by atoms with E-state index in [0.717, 1.165) is 17.2 Å². The molecule has 0 bridgehead atoms. The van der Waals surface area contributed by atoms with Gasteiger partial charge in [0.1, 0.15) is 0 Å². The first-order valence-electron chi connectivity index (χ1n) is 6.38. The van der Waals surface area contributed by atoms with Gasteiger partial charge in [0.05, 0.1) is 17.7 Å². The first-order valence-corrected chi connectivity index (χ1v) is 6.38. The second kappa shape index (κ2) is 5.99. The number of hydrogen-bond donors (Lipinski definition) is 1. The average Bonchev–Trinajstić information content (AvgIpc) is 2.41. The Kier molecular flexibility index (Phi) is 4.31. The summed E-state index contributed by atoms with van der Waals surface area (Å²) in [6.45, 7) is 1.85. The van der Waals surface area contributed by atoms with Gasteiger partial charge in [-0.05, 0) is 30.2 Å². The smallest absolute Gasteiger partial charge is 0.325 e. The molecule has 2 aromatic rings. The van der Waals surface area contributed by atoms with Gasteiger partial charge in [0, 0.05) is 0 Å². The molecule has 1 amide bonds. The summed E-state index contributed by atoms with van der Waals surface area (Å²) >= 11 is 0. The molecular formula is C16H14F3NO. The highest BCUT2D eigenvalue weighted by Crippen LogP contribution is 2.34. The Morgan fingerprint density at radius 3 is 2.33 bits per heavy atom. The summed E-state index contributed by atoms with van der Waals surface area (Å²) in [6, 6.07) is 12.2. The topological polar surface area (TPSA) is 29.1 Å². The van der Waals surface area contributed by atoms with E-state index in [1.165, 1.54) is 18.2 Å². The maximum absolute atomic E-state index is 12.8. The fraction of sp³-hybridized carbons (Fsp3) is 0.188. The van der Waals surface area contributed by atoms with Gasteiger partial charge < -0.3 is 5.32 Å². The number of hydrogen-bond acceptors (Lipinski definition) is 1. The van der Waals surface area contributed by atoms with Gasteiger partial charge in [0.2, 0.25) is 5.91 Å². The zero-order valence-electron chi connectivity index (χ0n) is 11.4. The first-order chi connectivity index (χ1) is 9.88. The van der Waals surface area contributed by atoms with E-state index in [-0.39, 0.29) is 12.1 Å². The Balaban J connectivity index is 2.16. The lowest BCUT2D eigenvalue weighted by atomic mass is 10.1. The van der Waals surface area contributed by atoms with Gasteiger partial charge in [0.15, 0.2) is 0 Å². The maximum atomic E-state index is 12.8. The Morgan fingerprint density at radius 1 is 1.05 bits per heavy atom. The molecule has 0 aromatic heterocycles. The quantitative estimate of drug-likeness (QED) is 0.903. The number of benzene rings is 2. The van der Waals surface area contributed by atoms with Crippen molar-refractivity contribution in [3.8, 4) is 0 Å². The number of amides is 1. The van der Waals surface area contributed by atoms with Crippen LogP contribution in [0.1, 0.15) is 16.7 Å². The summed E-state index contributed by atoms with van der Waals surface area (Å²) in [7, 11) is 0. The van der Waals surface area contributed by atoms with Crippen LogP contribution in [0.3, 0.4) is 0 Å². The minimum Gasteiger partial charge on any atom is -0.325 e. The van der Waals surface area contributed by atoms with Gasteiger partial charge in [-0.25, -0.2) is 0 Å². The van der Waals surface area contributed by atoms with E-state index in [2.05, 4.69) is 5.32 Å². The van der Waals surface area contributed by atoms with Gasteiger partial charge in [0.25, 0.3) is 0 Å². The number of carbonyl (C=O) groups excluding carboxylic acids is 1. The Labute approximate surface area is 120 Å². The number of alkyl halides is 3. The van der Waals surface area contributed by atoms with Crippen molar-refractivity contribution in [2.45, 2.75) is 19.5 Å². The van der Waals surface area contributed by atoms with E-state index in [4.69, 9.17) is 0 Å². The van der Waals surface area contributed by atoms with Crippen LogP contribution in [0.25, 0.3) is 0 Å². The van der Waals surface area contributed by atoms with Crippen LogP contribution in [0, 0.1) is 6.92 Å². The highest BCUT2D eigenvalue weighted by Gasteiger charge is 2.33. The maximum Gasteiger partial charge on any atom is 0.418 e. The van der Waals surface area contributed by atoms with Crippen molar-refractivity contribution in [2.24, 2.45) is 0 Å². The highest BCUT2D eigenvalue weighted by atomic mass is 19.4. The lowest BCUT2D eigenvalue weighted by molar-refractivity contribution is -0.137. The number of para-hydroxylation sites is 1. The number of halogens is 3. The van der Waals surface area contributed by atoms with Crippen molar-refractivity contribution in [3.05, 3.63) is 65.2 Å². The summed E-state index contributed by atoms with van der Waals surface area (Å²) in [5.41, 5.74) is 0.656. The molecule has 0 spiro atoms. The summed E-state index contributed by atoms with van der Waals surface area (Å²) in [4.78, 5) is 11.9. The molecule has 0 unspecified atom stereocenters. The number of aryl methyl sites for hydroxylation is 1. The Bertz CT molecular complexity index is 650. The molecule has 2 rings (SSSR count). The van der Waals surface area contributed by atoms with Crippen LogP contribution in [0.15, 0.2) is 48.5 Å². The van der Waals surface area contributed by atoms with Crippen LogP contribution in [0.5, 0.6) is 0 Å². The van der Waals surface area contributed by atoms with Crippen molar-refractivity contribution in [2.75, 3.05) is 5.32 Å². The van der Waals surface area contributed by atoms with Gasteiger partial charge in [-0.3, -0.25) is 4.79 Å². The van der Waals surface area contributed by atoms with Gasteiger partial charge in [-0.1, -0.05) is 36.4 Å². The Morgan fingerprint density at radius 2 is 1.67 bits per heavy atom. The summed E-state index contributed by atoms with van der Waals surface area (Å²) in [5.74, 6) is -0.471. The molecule has 2 aromatic carbocycles. The first kappa shape index (κ1) is 15.1. The zero-order valence-corrected chi connectivity index (χ0v) is 11.4. The van der Waals surface area contributed by atoms with Crippen molar-refractivity contribution in [1.29, 1.82) is 0 Å². The molecule has 5 heteroatoms. The predicted octanol–water partition coefficient (Wildman–Crippen LogP) is 4.20. The average molecular weight is 293 g/mol. The Hall–Kier alpha value is -2.30. The molecule has 0 saturated heterocycles. The highest BCUT2D eigenvalue weighted by molar-refractivity contribution is 5.93. The SMILES string of the molecule is Cc1ccccc1CC(=O)Nc1ccccc1C(F)(F)F. The summed E-state index contributed by atoms with van der Waals surface area (Å²) < 4.78 is 38.5. The minimum absolute atomic E-state index is 0.0405. The van der Waals surface area contributed by atoms with E-state index in [9.17, 15) is 18.0 Å². The number of carbonyl (C=O) groups is 1. The molecule has 0 heterocycles. The number of anilines is 1. The molecule has 2 nitrogen and oxygen atoms in total. The van der Waals surface area contributed by atoms with Crippen molar-refractivity contribution in [1.82, 2.24) is 0 Å². The molecule has 0 fully saturated rings. The zero-order chi connectivity index (χ0) is 15.5. The summed E-state index contributed by atoms with van der Waals surface area (Å²) in [6.07, 6.45) is -4.45. The number of nitrogens with one attached hydrogen (secondary N) is 1. The molecule has 0 aliphatic heterocycles. The molecule has 0 aliphatic carbocycles. The lowest BCUT2D eigenvalue weighted by Crippen LogP contribution is -2.18. The molecule has 110 valence electrons. The molecule has 0 radical (unpaired) electrons. The van der Waals surface area contributed by atoms with E-state index >= 15 is 0 Å². The standard InChI is InChI=1S/C16H14F3NO/c1-11-6-2-3-7-12(11)10-15(21)20-14-9-5-4-8-13(14)16(17,18)19/h2-9H,10H2,1H3,(H,20,21). The van der Waals surface area contributed by atoms with Crippen molar-refractivity contribution in [3.63, 3.8) is 0 Å². The molecular weight excluding hydrogens is 279 g/mol. The van der Waals surface area contributed by atoms with Crippen LogP contribution >= 0.6 is 0 Å². The van der Waals surface area contributed by atoms with Crippen molar-refractivity contribution >= 4 is 11.6 Å². The number of rotatable bonds is 3. The van der Waals surface area contributed by atoms with E-state index in [1.807, 2.05) is 19.1 Å². The largest absolute Gasteiger partial charge is 0.418 e. The molecule has 1 N–H and O–H groups in total. The summed E-state index contributed by atoms with van der Waals surface area (Å²) in [5, 5.41) is 2.33. The lowest BCUT2D eigenvalue weighted by Gasteiger charge is -2.13. The van der Waals surface area contributed by atoms with Gasteiger partial charge in [-0.15, -0.1) is 0 Å². The van der Waals surface area contributed by atoms with Crippen LogP contribution in [0.4, 0.5) is 18.9 Å². The monoisotopic (exact) mass is 293 g/mol.